The first-order chi connectivity index (χ1) is 18.3. The Kier molecular flexibility index (Phi) is 8.19. The summed E-state index contributed by atoms with van der Waals surface area (Å²) < 4.78 is 37.6. The maximum absolute atomic E-state index is 13.6. The normalized spacial score (nSPS) is 11.5. The number of halogens is 2. The SMILES string of the molecule is [C-]#[N+]c1c(N)nc(SCc2coc(-c3ccc(F)c(F)c3)n2)c(C#N)c1-c1ccc(OC[C@H](O)CO)cc1. The molecule has 0 aliphatic carbocycles. The van der Waals surface area contributed by atoms with Gasteiger partial charge in [0, 0.05) is 16.9 Å². The van der Waals surface area contributed by atoms with Crippen LogP contribution in [-0.4, -0.2) is 39.5 Å². The highest BCUT2D eigenvalue weighted by Crippen LogP contribution is 2.42. The van der Waals surface area contributed by atoms with Crippen LogP contribution in [0.2, 0.25) is 0 Å². The minimum Gasteiger partial charge on any atom is -0.491 e. The topological polar surface area (TPSA) is 143 Å². The monoisotopic (exact) mass is 535 g/mol. The number of nitrogens with two attached hydrogens (primary N) is 1. The number of pyridine rings is 1. The van der Waals surface area contributed by atoms with Crippen LogP contribution in [0.5, 0.6) is 5.75 Å². The Morgan fingerprint density at radius 2 is 1.89 bits per heavy atom. The molecule has 0 saturated heterocycles. The van der Waals surface area contributed by atoms with E-state index < -0.39 is 24.3 Å². The number of aromatic nitrogens is 2. The molecule has 0 bridgehead atoms. The van der Waals surface area contributed by atoms with E-state index in [0.717, 1.165) is 23.9 Å². The summed E-state index contributed by atoms with van der Waals surface area (Å²) in [5.41, 5.74) is 7.80. The van der Waals surface area contributed by atoms with E-state index in [1.807, 2.05) is 0 Å². The molecule has 4 N–H and O–H groups in total. The predicted molar refractivity (Wildman–Crippen MR) is 135 cm³/mol. The van der Waals surface area contributed by atoms with Crippen molar-refractivity contribution in [2.75, 3.05) is 18.9 Å². The maximum atomic E-state index is 13.6. The molecule has 0 radical (unpaired) electrons. The highest BCUT2D eigenvalue weighted by Gasteiger charge is 2.21. The van der Waals surface area contributed by atoms with Crippen LogP contribution in [-0.2, 0) is 5.75 Å². The molecule has 0 aliphatic rings. The Labute approximate surface area is 220 Å². The van der Waals surface area contributed by atoms with E-state index in [0.29, 0.717) is 22.6 Å². The fraction of sp³-hybridized carbons (Fsp3) is 0.154. The van der Waals surface area contributed by atoms with E-state index in [1.165, 1.54) is 12.3 Å². The van der Waals surface area contributed by atoms with Crippen molar-refractivity contribution in [2.24, 2.45) is 0 Å². The van der Waals surface area contributed by atoms with Gasteiger partial charge >= 0.3 is 0 Å². The number of oxazole rings is 1. The lowest BCUT2D eigenvalue weighted by Crippen LogP contribution is -2.21. The number of aliphatic hydroxyl groups is 2. The highest BCUT2D eigenvalue weighted by atomic mass is 32.2. The summed E-state index contributed by atoms with van der Waals surface area (Å²) >= 11 is 1.15. The molecule has 0 spiro atoms. The first kappa shape index (κ1) is 26.6. The van der Waals surface area contributed by atoms with Crippen LogP contribution in [0.3, 0.4) is 0 Å². The fourth-order valence-corrected chi connectivity index (χ4v) is 4.29. The molecule has 4 aromatic rings. The molecular weight excluding hydrogens is 516 g/mol. The van der Waals surface area contributed by atoms with Crippen LogP contribution < -0.4 is 10.5 Å². The van der Waals surface area contributed by atoms with Gasteiger partial charge in [-0.25, -0.2) is 23.6 Å². The van der Waals surface area contributed by atoms with Gasteiger partial charge in [0.2, 0.25) is 11.6 Å². The lowest BCUT2D eigenvalue weighted by atomic mass is 10.00. The Balaban J connectivity index is 1.60. The van der Waals surface area contributed by atoms with Gasteiger partial charge in [0.25, 0.3) is 0 Å². The zero-order chi connectivity index (χ0) is 27.2. The first-order valence-corrected chi connectivity index (χ1v) is 12.0. The largest absolute Gasteiger partial charge is 0.491 e. The van der Waals surface area contributed by atoms with Gasteiger partial charge in [-0.1, -0.05) is 23.9 Å². The Morgan fingerprint density at radius 1 is 1.16 bits per heavy atom. The average molecular weight is 536 g/mol. The molecule has 0 amide bonds. The van der Waals surface area contributed by atoms with Crippen LogP contribution in [0, 0.1) is 29.5 Å². The number of ether oxygens (including phenoxy) is 1. The Hall–Kier alpha value is -4.49. The zero-order valence-corrected chi connectivity index (χ0v) is 20.4. The molecule has 0 aliphatic heterocycles. The second-order valence-corrected chi connectivity index (χ2v) is 8.82. The van der Waals surface area contributed by atoms with Crippen molar-refractivity contribution in [2.45, 2.75) is 16.9 Å². The van der Waals surface area contributed by atoms with Gasteiger partial charge in [-0.05, 0) is 35.9 Å². The van der Waals surface area contributed by atoms with Crippen molar-refractivity contribution in [3.8, 4) is 34.4 Å². The second kappa shape index (κ2) is 11.7. The van der Waals surface area contributed by atoms with Crippen molar-refractivity contribution in [1.29, 1.82) is 5.26 Å². The van der Waals surface area contributed by atoms with E-state index in [-0.39, 0.29) is 45.9 Å². The third-order valence-electron chi connectivity index (χ3n) is 5.26. The molecular formula is C26H19F2N5O4S. The van der Waals surface area contributed by atoms with Crippen LogP contribution in [0.15, 0.2) is 58.2 Å². The summed E-state index contributed by atoms with van der Waals surface area (Å²) in [5.74, 6) is -1.32. The standard InChI is InChI=1S/C26H19F2N5O4S/c1-31-23-22(14-2-5-18(6-3-14)36-12-17(35)10-34)19(9-29)26(33-24(23)30)38-13-16-11-37-25(32-16)15-4-7-20(27)21(28)8-15/h2-8,11,17,34-35H,10,12-13H2,(H2,30,33)/t17-/m1/s1. The second-order valence-electron chi connectivity index (χ2n) is 7.86. The summed E-state index contributed by atoms with van der Waals surface area (Å²) in [4.78, 5) is 12.0. The molecule has 0 saturated carbocycles. The summed E-state index contributed by atoms with van der Waals surface area (Å²) in [6, 6.07) is 11.9. The van der Waals surface area contributed by atoms with E-state index in [1.54, 1.807) is 24.3 Å². The lowest BCUT2D eigenvalue weighted by molar-refractivity contribution is 0.0536. The van der Waals surface area contributed by atoms with E-state index >= 15 is 0 Å². The summed E-state index contributed by atoms with van der Waals surface area (Å²) in [5, 5.41) is 28.6. The molecule has 192 valence electrons. The number of anilines is 1. The molecule has 38 heavy (non-hydrogen) atoms. The Morgan fingerprint density at radius 3 is 2.55 bits per heavy atom. The van der Waals surface area contributed by atoms with E-state index in [4.69, 9.17) is 26.6 Å². The van der Waals surface area contributed by atoms with Gasteiger partial charge < -0.3 is 25.1 Å². The summed E-state index contributed by atoms with van der Waals surface area (Å²) in [6.07, 6.45) is 0.339. The molecule has 2 aromatic carbocycles. The van der Waals surface area contributed by atoms with Gasteiger partial charge in [0.05, 0.1) is 24.4 Å². The number of nitrogens with zero attached hydrogens (tertiary/aromatic N) is 4. The van der Waals surface area contributed by atoms with E-state index in [2.05, 4.69) is 20.9 Å². The third-order valence-corrected chi connectivity index (χ3v) is 6.27. The number of hydrogen-bond acceptors (Lipinski definition) is 9. The summed E-state index contributed by atoms with van der Waals surface area (Å²) in [7, 11) is 0. The number of nitrogen functional groups attached to an aromatic ring is 1. The van der Waals surface area contributed by atoms with Crippen molar-refractivity contribution < 1.29 is 28.1 Å². The van der Waals surface area contributed by atoms with Gasteiger partial charge in [-0.3, -0.25) is 0 Å². The minimum atomic E-state index is -1.02. The number of rotatable bonds is 9. The van der Waals surface area contributed by atoms with Gasteiger partial charge in [0.1, 0.15) is 41.6 Å². The number of nitriles is 1. The van der Waals surface area contributed by atoms with E-state index in [9.17, 15) is 19.1 Å². The van der Waals surface area contributed by atoms with Crippen LogP contribution in [0.1, 0.15) is 11.3 Å². The van der Waals surface area contributed by atoms with Gasteiger partial charge in [0.15, 0.2) is 11.6 Å². The van der Waals surface area contributed by atoms with Crippen LogP contribution >= 0.6 is 11.8 Å². The quantitative estimate of drug-likeness (QED) is 0.205. The summed E-state index contributed by atoms with van der Waals surface area (Å²) in [6.45, 7) is 7.05. The van der Waals surface area contributed by atoms with Crippen molar-refractivity contribution in [3.63, 3.8) is 0 Å². The number of thioether (sulfide) groups is 1. The fourth-order valence-electron chi connectivity index (χ4n) is 3.41. The molecule has 0 unspecified atom stereocenters. The molecule has 2 aromatic heterocycles. The molecule has 1 atom stereocenters. The highest BCUT2D eigenvalue weighted by molar-refractivity contribution is 7.98. The predicted octanol–water partition coefficient (Wildman–Crippen LogP) is 4.71. The lowest BCUT2D eigenvalue weighted by Gasteiger charge is -2.14. The molecule has 12 heteroatoms. The van der Waals surface area contributed by atoms with Crippen molar-refractivity contribution in [1.82, 2.24) is 9.97 Å². The molecule has 4 rings (SSSR count). The van der Waals surface area contributed by atoms with Gasteiger partial charge in [-0.15, -0.1) is 0 Å². The van der Waals surface area contributed by atoms with Crippen LogP contribution in [0.25, 0.3) is 27.4 Å². The van der Waals surface area contributed by atoms with Crippen molar-refractivity contribution >= 4 is 23.3 Å². The molecule has 0 fully saturated rings. The number of hydrogen-bond donors (Lipinski definition) is 3. The number of aliphatic hydroxyl groups excluding tert-OH is 2. The van der Waals surface area contributed by atoms with Gasteiger partial charge in [-0.2, -0.15) is 5.26 Å². The molecule has 9 nitrogen and oxygen atoms in total. The smallest absolute Gasteiger partial charge is 0.236 e. The average Bonchev–Trinajstić information content (AvgIpc) is 3.41. The maximum Gasteiger partial charge on any atom is 0.236 e. The zero-order valence-electron chi connectivity index (χ0n) is 19.6. The Bertz CT molecular complexity index is 1550. The third kappa shape index (κ3) is 5.74. The van der Waals surface area contributed by atoms with Crippen molar-refractivity contribution in [3.05, 3.63) is 83.0 Å². The first-order valence-electron chi connectivity index (χ1n) is 11.0. The number of benzene rings is 2. The van der Waals surface area contributed by atoms with Crippen LogP contribution in [0.4, 0.5) is 20.3 Å². The molecule has 2 heterocycles. The minimum absolute atomic E-state index is 0.0253.